The average molecular weight is 512 g/mol. The van der Waals surface area contributed by atoms with E-state index in [0.717, 1.165) is 24.0 Å². The smallest absolute Gasteiger partial charge is 0.410 e. The Morgan fingerprint density at radius 1 is 0.838 bits per heavy atom. The van der Waals surface area contributed by atoms with Gasteiger partial charge < -0.3 is 23.8 Å². The molecule has 0 spiro atoms. The van der Waals surface area contributed by atoms with E-state index in [2.05, 4.69) is 19.1 Å². The molecular weight excluding hydrogens is 466 g/mol. The number of unbranched alkanes of at least 4 members (excludes halogenated alkanes) is 3. The van der Waals surface area contributed by atoms with Crippen molar-refractivity contribution in [3.05, 3.63) is 71.8 Å². The second kappa shape index (κ2) is 14.5. The van der Waals surface area contributed by atoms with Crippen LogP contribution in [0.4, 0.5) is 4.79 Å². The molecule has 2 aromatic carbocycles. The van der Waals surface area contributed by atoms with Crippen molar-refractivity contribution >= 4 is 6.09 Å². The predicted octanol–water partition coefficient (Wildman–Crippen LogP) is 6.76. The van der Waals surface area contributed by atoms with Crippen LogP contribution in [0.25, 0.3) is 0 Å². The number of carbonyl (C=O) groups is 1. The standard InChI is InChI=1S/C31H45NO5/c1-6-7-8-15-20-34-29-27(36-23-25-18-13-10-14-19-25)21-26(35-22-24-16-11-9-12-17-24)28(29)32(5)30(33)37-31(2,3)4/h9-14,16-19,26-29H,6-8,15,20-23H2,1-5H3/t26-,27+,28+,29+/m0/s1. The first-order valence-electron chi connectivity index (χ1n) is 13.7. The molecule has 0 N–H and O–H groups in total. The van der Waals surface area contributed by atoms with Gasteiger partial charge in [0.05, 0.1) is 31.5 Å². The molecule has 0 unspecified atom stereocenters. The molecule has 1 amide bonds. The van der Waals surface area contributed by atoms with Crippen LogP contribution in [0.1, 0.15) is 70.9 Å². The summed E-state index contributed by atoms with van der Waals surface area (Å²) in [6.07, 6.45) is 3.95. The molecule has 0 radical (unpaired) electrons. The average Bonchev–Trinajstić information content (AvgIpc) is 3.23. The van der Waals surface area contributed by atoms with E-state index in [1.54, 1.807) is 11.9 Å². The zero-order valence-electron chi connectivity index (χ0n) is 23.2. The molecule has 6 nitrogen and oxygen atoms in total. The highest BCUT2D eigenvalue weighted by atomic mass is 16.6. The van der Waals surface area contributed by atoms with Crippen LogP contribution in [0.5, 0.6) is 0 Å². The Hall–Kier alpha value is -2.41. The van der Waals surface area contributed by atoms with Gasteiger partial charge in [-0.2, -0.15) is 0 Å². The van der Waals surface area contributed by atoms with Crippen LogP contribution in [0.3, 0.4) is 0 Å². The highest BCUT2D eigenvalue weighted by Gasteiger charge is 2.49. The van der Waals surface area contributed by atoms with Crippen LogP contribution in [0.2, 0.25) is 0 Å². The van der Waals surface area contributed by atoms with E-state index >= 15 is 0 Å². The lowest BCUT2D eigenvalue weighted by Gasteiger charge is -2.35. The Labute approximate surface area is 223 Å². The lowest BCUT2D eigenvalue weighted by Crippen LogP contribution is -2.51. The molecule has 1 saturated carbocycles. The second-order valence-electron chi connectivity index (χ2n) is 10.9. The van der Waals surface area contributed by atoms with E-state index in [9.17, 15) is 4.79 Å². The van der Waals surface area contributed by atoms with E-state index in [-0.39, 0.29) is 30.4 Å². The molecule has 0 aliphatic heterocycles. The fourth-order valence-electron chi connectivity index (χ4n) is 4.70. The SMILES string of the molecule is CCCCCCO[C@H]1[C@H](N(C)C(=O)OC(C)(C)C)[C@@H](OCc2ccccc2)C[C@H]1OCc1ccccc1. The molecule has 2 aromatic rings. The fourth-order valence-corrected chi connectivity index (χ4v) is 4.70. The van der Waals surface area contributed by atoms with Gasteiger partial charge in [0.25, 0.3) is 0 Å². The van der Waals surface area contributed by atoms with Gasteiger partial charge in [0.2, 0.25) is 0 Å². The van der Waals surface area contributed by atoms with Crippen molar-refractivity contribution in [2.75, 3.05) is 13.7 Å². The Balaban J connectivity index is 1.80. The largest absolute Gasteiger partial charge is 0.444 e. The molecular formula is C31H45NO5. The zero-order chi connectivity index (χ0) is 26.7. The van der Waals surface area contributed by atoms with Crippen LogP contribution in [-0.2, 0) is 32.2 Å². The van der Waals surface area contributed by atoms with E-state index in [1.165, 1.54) is 12.8 Å². The predicted molar refractivity (Wildman–Crippen MR) is 146 cm³/mol. The zero-order valence-corrected chi connectivity index (χ0v) is 23.2. The lowest BCUT2D eigenvalue weighted by molar-refractivity contribution is -0.0903. The number of hydrogen-bond donors (Lipinski definition) is 0. The van der Waals surface area contributed by atoms with Crippen molar-refractivity contribution in [2.45, 2.75) is 103 Å². The summed E-state index contributed by atoms with van der Waals surface area (Å²) in [5.74, 6) is 0. The quantitative estimate of drug-likeness (QED) is 0.278. The molecule has 0 heterocycles. The van der Waals surface area contributed by atoms with Crippen LogP contribution in [-0.4, -0.2) is 54.6 Å². The first kappa shape index (κ1) is 29.2. The van der Waals surface area contributed by atoms with Crippen LogP contribution in [0, 0.1) is 0 Å². The van der Waals surface area contributed by atoms with Gasteiger partial charge >= 0.3 is 6.09 Å². The Kier molecular flexibility index (Phi) is 11.4. The third-order valence-corrected chi connectivity index (χ3v) is 6.60. The van der Waals surface area contributed by atoms with Gasteiger partial charge in [0.1, 0.15) is 11.7 Å². The van der Waals surface area contributed by atoms with E-state index in [4.69, 9.17) is 18.9 Å². The van der Waals surface area contributed by atoms with E-state index < -0.39 is 5.60 Å². The number of rotatable bonds is 13. The lowest BCUT2D eigenvalue weighted by atomic mass is 10.1. The summed E-state index contributed by atoms with van der Waals surface area (Å²) >= 11 is 0. The van der Waals surface area contributed by atoms with Crippen LogP contribution >= 0.6 is 0 Å². The third kappa shape index (κ3) is 9.44. The minimum atomic E-state index is -0.593. The topological polar surface area (TPSA) is 57.2 Å². The van der Waals surface area contributed by atoms with Crippen LogP contribution < -0.4 is 0 Å². The number of hydrogen-bond acceptors (Lipinski definition) is 5. The Bertz CT molecular complexity index is 914. The molecule has 4 atom stereocenters. The summed E-state index contributed by atoms with van der Waals surface area (Å²) in [6.45, 7) is 9.40. The van der Waals surface area contributed by atoms with Crippen molar-refractivity contribution in [3.8, 4) is 0 Å². The molecule has 1 aliphatic carbocycles. The summed E-state index contributed by atoms with van der Waals surface area (Å²) in [4.78, 5) is 14.8. The van der Waals surface area contributed by atoms with Gasteiger partial charge in [-0.05, 0) is 38.3 Å². The maximum atomic E-state index is 13.2. The Morgan fingerprint density at radius 2 is 1.41 bits per heavy atom. The molecule has 0 bridgehead atoms. The van der Waals surface area contributed by atoms with Crippen molar-refractivity contribution in [2.24, 2.45) is 0 Å². The monoisotopic (exact) mass is 511 g/mol. The molecule has 37 heavy (non-hydrogen) atoms. The van der Waals surface area contributed by atoms with Gasteiger partial charge in [-0.15, -0.1) is 0 Å². The fraction of sp³-hybridized carbons (Fsp3) is 0.581. The molecule has 0 aromatic heterocycles. The number of amides is 1. The first-order valence-corrected chi connectivity index (χ1v) is 13.7. The molecule has 204 valence electrons. The summed E-state index contributed by atoms with van der Waals surface area (Å²) in [5, 5.41) is 0. The van der Waals surface area contributed by atoms with E-state index in [1.807, 2.05) is 69.3 Å². The van der Waals surface area contributed by atoms with Gasteiger partial charge in [-0.1, -0.05) is 86.8 Å². The normalized spacial score (nSPS) is 21.6. The summed E-state index contributed by atoms with van der Waals surface area (Å²) < 4.78 is 25.1. The van der Waals surface area contributed by atoms with Gasteiger partial charge in [0.15, 0.2) is 0 Å². The van der Waals surface area contributed by atoms with Crippen molar-refractivity contribution in [1.82, 2.24) is 4.90 Å². The molecule has 1 aliphatic rings. The highest BCUT2D eigenvalue weighted by molar-refractivity contribution is 5.68. The summed E-state index contributed by atoms with van der Waals surface area (Å²) in [7, 11) is 1.78. The molecule has 1 fully saturated rings. The molecule has 6 heteroatoms. The minimum absolute atomic E-state index is 0.206. The van der Waals surface area contributed by atoms with E-state index in [0.29, 0.717) is 26.2 Å². The van der Waals surface area contributed by atoms with Crippen molar-refractivity contribution in [1.29, 1.82) is 0 Å². The van der Waals surface area contributed by atoms with Gasteiger partial charge in [-0.25, -0.2) is 4.79 Å². The van der Waals surface area contributed by atoms with Crippen molar-refractivity contribution in [3.63, 3.8) is 0 Å². The number of nitrogens with zero attached hydrogens (tertiary/aromatic N) is 1. The maximum absolute atomic E-state index is 13.2. The summed E-state index contributed by atoms with van der Waals surface area (Å²) in [6, 6.07) is 19.9. The molecule has 3 rings (SSSR count). The van der Waals surface area contributed by atoms with Gasteiger partial charge in [-0.3, -0.25) is 0 Å². The van der Waals surface area contributed by atoms with Crippen molar-refractivity contribution < 1.29 is 23.7 Å². The third-order valence-electron chi connectivity index (χ3n) is 6.60. The second-order valence-corrected chi connectivity index (χ2v) is 10.9. The maximum Gasteiger partial charge on any atom is 0.410 e. The molecule has 0 saturated heterocycles. The summed E-state index contributed by atoms with van der Waals surface area (Å²) in [5.41, 5.74) is 1.60. The number of likely N-dealkylation sites (N-methyl/N-ethyl adjacent to an activating group) is 1. The highest BCUT2D eigenvalue weighted by Crippen LogP contribution is 2.34. The van der Waals surface area contributed by atoms with Gasteiger partial charge in [0, 0.05) is 20.1 Å². The number of benzene rings is 2. The Morgan fingerprint density at radius 3 is 1.95 bits per heavy atom. The van der Waals surface area contributed by atoms with Crippen LogP contribution in [0.15, 0.2) is 60.7 Å². The minimum Gasteiger partial charge on any atom is -0.444 e. The number of carbonyl (C=O) groups excluding carboxylic acids is 1. The first-order chi connectivity index (χ1) is 17.8. The number of ether oxygens (including phenoxy) is 4.